The van der Waals surface area contributed by atoms with Crippen molar-refractivity contribution in [3.8, 4) is 0 Å². The number of hydrogen-bond donors (Lipinski definition) is 1. The third-order valence-corrected chi connectivity index (χ3v) is 3.35. The molecule has 1 unspecified atom stereocenters. The quantitative estimate of drug-likeness (QED) is 0.806. The van der Waals surface area contributed by atoms with Crippen molar-refractivity contribution in [2.45, 2.75) is 51.6 Å². The molecular weight excluding hydrogens is 186 g/mol. The van der Waals surface area contributed by atoms with Gasteiger partial charge in [0.05, 0.1) is 6.20 Å². The molecule has 1 atom stereocenters. The zero-order valence-corrected chi connectivity index (χ0v) is 9.52. The van der Waals surface area contributed by atoms with E-state index < -0.39 is 0 Å². The molecule has 84 valence electrons. The van der Waals surface area contributed by atoms with Gasteiger partial charge in [0.1, 0.15) is 0 Å². The summed E-state index contributed by atoms with van der Waals surface area (Å²) >= 11 is 0. The Bertz CT molecular complexity index is 302. The van der Waals surface area contributed by atoms with Crippen LogP contribution < -0.4 is 5.73 Å². The van der Waals surface area contributed by atoms with Gasteiger partial charge in [-0.25, -0.2) is 0 Å². The largest absolute Gasteiger partial charge is 0.324 e. The van der Waals surface area contributed by atoms with E-state index in [0.29, 0.717) is 0 Å². The highest BCUT2D eigenvalue weighted by Crippen LogP contribution is 2.33. The first kappa shape index (κ1) is 10.7. The minimum Gasteiger partial charge on any atom is -0.324 e. The van der Waals surface area contributed by atoms with E-state index in [0.717, 1.165) is 25.3 Å². The van der Waals surface area contributed by atoms with Gasteiger partial charge in [-0.15, -0.1) is 0 Å². The lowest BCUT2D eigenvalue weighted by Gasteiger charge is -2.27. The Morgan fingerprint density at radius 3 is 3.00 bits per heavy atom. The Morgan fingerprint density at radius 1 is 1.60 bits per heavy atom. The summed E-state index contributed by atoms with van der Waals surface area (Å²) in [5.41, 5.74) is 7.37. The van der Waals surface area contributed by atoms with Crippen LogP contribution >= 0.6 is 0 Å². The Labute approximate surface area is 91.7 Å². The highest BCUT2D eigenvalue weighted by atomic mass is 15.3. The second-order valence-electron chi connectivity index (χ2n) is 4.68. The van der Waals surface area contributed by atoms with Crippen LogP contribution in [0.2, 0.25) is 0 Å². The number of nitrogens with zero attached hydrogens (tertiary/aromatic N) is 2. The lowest BCUT2D eigenvalue weighted by molar-refractivity contribution is 0.277. The Kier molecular flexibility index (Phi) is 3.41. The summed E-state index contributed by atoms with van der Waals surface area (Å²) in [6.07, 6.45) is 10.4. The maximum absolute atomic E-state index is 6.16. The minimum absolute atomic E-state index is 0.195. The van der Waals surface area contributed by atoms with E-state index in [1.54, 1.807) is 0 Å². The first-order valence-electron chi connectivity index (χ1n) is 6.07. The van der Waals surface area contributed by atoms with Crippen LogP contribution in [0.25, 0.3) is 0 Å². The third-order valence-electron chi connectivity index (χ3n) is 3.35. The zero-order chi connectivity index (χ0) is 10.7. The molecule has 0 radical (unpaired) electrons. The molecular formula is C12H21N3. The van der Waals surface area contributed by atoms with E-state index >= 15 is 0 Å². The highest BCUT2D eigenvalue weighted by Gasteiger charge is 2.21. The second kappa shape index (κ2) is 4.79. The number of nitrogens with two attached hydrogens (primary N) is 1. The smallest absolute Gasteiger partial charge is 0.0537 e. The normalized spacial score (nSPS) is 18.8. The molecule has 2 rings (SSSR count). The monoisotopic (exact) mass is 207 g/mol. The SMILES string of the molecule is CCCn1cc(C(N)CC2CCC2)cn1. The molecule has 1 heterocycles. The van der Waals surface area contributed by atoms with Crippen molar-refractivity contribution in [1.29, 1.82) is 0 Å². The van der Waals surface area contributed by atoms with Crippen LogP contribution in [0, 0.1) is 5.92 Å². The van der Waals surface area contributed by atoms with Crippen LogP contribution in [0.15, 0.2) is 12.4 Å². The van der Waals surface area contributed by atoms with Crippen LogP contribution in [0.3, 0.4) is 0 Å². The van der Waals surface area contributed by atoms with E-state index in [9.17, 15) is 0 Å². The topological polar surface area (TPSA) is 43.8 Å². The van der Waals surface area contributed by atoms with Gasteiger partial charge in [0, 0.05) is 24.3 Å². The summed E-state index contributed by atoms with van der Waals surface area (Å²) in [5.74, 6) is 0.870. The number of aromatic nitrogens is 2. The number of hydrogen-bond acceptors (Lipinski definition) is 2. The first-order chi connectivity index (χ1) is 7.29. The van der Waals surface area contributed by atoms with Crippen molar-refractivity contribution in [2.24, 2.45) is 11.7 Å². The Morgan fingerprint density at radius 2 is 2.40 bits per heavy atom. The summed E-state index contributed by atoms with van der Waals surface area (Å²) in [6, 6.07) is 0.195. The molecule has 1 aromatic heterocycles. The van der Waals surface area contributed by atoms with Crippen LogP contribution in [-0.2, 0) is 6.54 Å². The molecule has 1 fully saturated rings. The van der Waals surface area contributed by atoms with E-state index in [1.807, 2.05) is 10.9 Å². The molecule has 0 amide bonds. The number of rotatable bonds is 5. The molecule has 0 saturated heterocycles. The molecule has 1 aliphatic rings. The molecule has 1 saturated carbocycles. The minimum atomic E-state index is 0.195. The predicted octanol–water partition coefficient (Wildman–Crippen LogP) is 2.48. The van der Waals surface area contributed by atoms with Gasteiger partial charge in [-0.1, -0.05) is 26.2 Å². The predicted molar refractivity (Wildman–Crippen MR) is 61.4 cm³/mol. The molecule has 3 nitrogen and oxygen atoms in total. The van der Waals surface area contributed by atoms with Crippen molar-refractivity contribution in [2.75, 3.05) is 0 Å². The molecule has 0 bridgehead atoms. The molecule has 0 spiro atoms. The fraction of sp³-hybridized carbons (Fsp3) is 0.750. The molecule has 15 heavy (non-hydrogen) atoms. The van der Waals surface area contributed by atoms with Crippen molar-refractivity contribution in [1.82, 2.24) is 9.78 Å². The third kappa shape index (κ3) is 2.59. The van der Waals surface area contributed by atoms with Crippen LogP contribution in [0.4, 0.5) is 0 Å². The van der Waals surface area contributed by atoms with Gasteiger partial charge < -0.3 is 5.73 Å². The summed E-state index contributed by atoms with van der Waals surface area (Å²) in [6.45, 7) is 3.16. The van der Waals surface area contributed by atoms with Gasteiger partial charge in [-0.05, 0) is 18.8 Å². The van der Waals surface area contributed by atoms with Gasteiger partial charge in [0.25, 0.3) is 0 Å². The number of aryl methyl sites for hydroxylation is 1. The van der Waals surface area contributed by atoms with Crippen LogP contribution in [0.1, 0.15) is 50.6 Å². The second-order valence-corrected chi connectivity index (χ2v) is 4.68. The highest BCUT2D eigenvalue weighted by molar-refractivity contribution is 5.10. The summed E-state index contributed by atoms with van der Waals surface area (Å²) in [7, 11) is 0. The van der Waals surface area contributed by atoms with Crippen molar-refractivity contribution < 1.29 is 0 Å². The zero-order valence-electron chi connectivity index (χ0n) is 9.52. The Balaban J connectivity index is 1.89. The Hall–Kier alpha value is -0.830. The summed E-state index contributed by atoms with van der Waals surface area (Å²) in [5, 5.41) is 4.31. The summed E-state index contributed by atoms with van der Waals surface area (Å²) < 4.78 is 2.00. The first-order valence-corrected chi connectivity index (χ1v) is 6.07. The average molecular weight is 207 g/mol. The molecule has 3 heteroatoms. The van der Waals surface area contributed by atoms with Gasteiger partial charge in [-0.2, -0.15) is 5.10 Å². The molecule has 1 aromatic rings. The van der Waals surface area contributed by atoms with Crippen molar-refractivity contribution >= 4 is 0 Å². The molecule has 2 N–H and O–H groups in total. The fourth-order valence-corrected chi connectivity index (χ4v) is 2.15. The maximum Gasteiger partial charge on any atom is 0.0537 e. The van der Waals surface area contributed by atoms with E-state index in [-0.39, 0.29) is 6.04 Å². The fourth-order valence-electron chi connectivity index (χ4n) is 2.15. The van der Waals surface area contributed by atoms with Crippen molar-refractivity contribution in [3.63, 3.8) is 0 Å². The van der Waals surface area contributed by atoms with Crippen molar-refractivity contribution in [3.05, 3.63) is 18.0 Å². The van der Waals surface area contributed by atoms with E-state index in [1.165, 1.54) is 24.8 Å². The lowest BCUT2D eigenvalue weighted by Crippen LogP contribution is -2.19. The van der Waals surface area contributed by atoms with Gasteiger partial charge in [0.15, 0.2) is 0 Å². The lowest BCUT2D eigenvalue weighted by atomic mass is 9.80. The molecule has 0 aliphatic heterocycles. The maximum atomic E-state index is 6.16. The molecule has 0 aromatic carbocycles. The molecule has 1 aliphatic carbocycles. The van der Waals surface area contributed by atoms with Gasteiger partial charge in [-0.3, -0.25) is 4.68 Å². The van der Waals surface area contributed by atoms with E-state index in [2.05, 4.69) is 18.2 Å². The summed E-state index contributed by atoms with van der Waals surface area (Å²) in [4.78, 5) is 0. The standard InChI is InChI=1S/C12H21N3/c1-2-6-15-9-11(8-14-15)12(13)7-10-4-3-5-10/h8-10,12H,2-7,13H2,1H3. The van der Waals surface area contributed by atoms with Crippen LogP contribution in [0.5, 0.6) is 0 Å². The average Bonchev–Trinajstić information content (AvgIpc) is 2.60. The van der Waals surface area contributed by atoms with Gasteiger partial charge in [0.2, 0.25) is 0 Å². The van der Waals surface area contributed by atoms with Crippen LogP contribution in [-0.4, -0.2) is 9.78 Å². The van der Waals surface area contributed by atoms with E-state index in [4.69, 9.17) is 5.73 Å². The van der Waals surface area contributed by atoms with Gasteiger partial charge >= 0.3 is 0 Å².